The van der Waals surface area contributed by atoms with Crippen LogP contribution in [0.4, 0.5) is 0 Å². The molecule has 1 saturated heterocycles. The second kappa shape index (κ2) is 10.1. The molecular weight excluding hydrogens is 412 g/mol. The predicted molar refractivity (Wildman–Crippen MR) is 123 cm³/mol. The number of benzene rings is 1. The largest absolute Gasteiger partial charge is 0.354 e. The molecule has 3 rings (SSSR count). The Labute approximate surface area is 186 Å². The zero-order valence-electron chi connectivity index (χ0n) is 19.2. The molecule has 2 heterocycles. The summed E-state index contributed by atoms with van der Waals surface area (Å²) in [5, 5.41) is 3.06. The summed E-state index contributed by atoms with van der Waals surface area (Å²) in [4.78, 5) is 17.3. The van der Waals surface area contributed by atoms with Crippen LogP contribution in [-0.4, -0.2) is 47.3 Å². The molecule has 1 amide bonds. The minimum Gasteiger partial charge on any atom is -0.354 e. The third-order valence-electron chi connectivity index (χ3n) is 6.06. The molecule has 8 heteroatoms. The van der Waals surface area contributed by atoms with Crippen LogP contribution in [0.15, 0.2) is 23.1 Å². The van der Waals surface area contributed by atoms with Crippen molar-refractivity contribution in [2.75, 3.05) is 13.1 Å². The predicted octanol–water partition coefficient (Wildman–Crippen LogP) is 3.62. The van der Waals surface area contributed by atoms with E-state index in [1.807, 2.05) is 24.6 Å². The van der Waals surface area contributed by atoms with Crippen molar-refractivity contribution in [1.29, 1.82) is 0 Å². The van der Waals surface area contributed by atoms with Gasteiger partial charge in [0.2, 0.25) is 15.9 Å². The Morgan fingerprint density at radius 1 is 1.13 bits per heavy atom. The van der Waals surface area contributed by atoms with Crippen molar-refractivity contribution in [2.45, 2.75) is 76.7 Å². The number of imidazole rings is 1. The molecule has 1 aliphatic heterocycles. The van der Waals surface area contributed by atoms with E-state index in [4.69, 9.17) is 0 Å². The first-order valence-electron chi connectivity index (χ1n) is 11.4. The molecule has 2 aromatic rings. The van der Waals surface area contributed by atoms with E-state index in [9.17, 15) is 13.2 Å². The minimum absolute atomic E-state index is 0.0247. The van der Waals surface area contributed by atoms with Crippen molar-refractivity contribution in [3.63, 3.8) is 0 Å². The molecule has 1 unspecified atom stereocenters. The van der Waals surface area contributed by atoms with Gasteiger partial charge in [-0.1, -0.05) is 20.3 Å². The van der Waals surface area contributed by atoms with Crippen LogP contribution < -0.4 is 5.32 Å². The minimum atomic E-state index is -3.49. The van der Waals surface area contributed by atoms with Crippen molar-refractivity contribution in [3.05, 3.63) is 24.0 Å². The van der Waals surface area contributed by atoms with Gasteiger partial charge in [-0.05, 0) is 56.7 Å². The fourth-order valence-corrected chi connectivity index (χ4v) is 5.63. The summed E-state index contributed by atoms with van der Waals surface area (Å²) in [6, 6.07) is 5.31. The summed E-state index contributed by atoms with van der Waals surface area (Å²) in [5.74, 6) is 1.44. The normalized spacial score (nSPS) is 16.7. The van der Waals surface area contributed by atoms with Gasteiger partial charge in [-0.2, -0.15) is 4.31 Å². The Kier molecular flexibility index (Phi) is 7.75. The van der Waals surface area contributed by atoms with E-state index in [0.717, 1.165) is 43.4 Å². The average Bonchev–Trinajstić information content (AvgIpc) is 3.06. The number of rotatable bonds is 9. The highest BCUT2D eigenvalue weighted by atomic mass is 32.2. The summed E-state index contributed by atoms with van der Waals surface area (Å²) in [5.41, 5.74) is 1.53. The van der Waals surface area contributed by atoms with Crippen LogP contribution in [0, 0.1) is 5.92 Å². The molecule has 1 N–H and O–H groups in total. The lowest BCUT2D eigenvalue weighted by molar-refractivity contribution is -0.121. The Morgan fingerprint density at radius 3 is 2.52 bits per heavy atom. The monoisotopic (exact) mass is 448 g/mol. The number of aromatic nitrogens is 2. The smallest absolute Gasteiger partial charge is 0.243 e. The quantitative estimate of drug-likeness (QED) is 0.635. The third-order valence-corrected chi connectivity index (χ3v) is 7.95. The standard InChI is InChI=1S/C23H36N4O3S/c1-17(2)8-9-18(3)24-23(28)13-12-22-25-20-16-19(10-11-21(20)26(22)4)31(29,30)27-14-6-5-7-15-27/h10-11,16-18H,5-9,12-15H2,1-4H3,(H,24,28). The van der Waals surface area contributed by atoms with Crippen LogP contribution >= 0.6 is 0 Å². The Morgan fingerprint density at radius 2 is 1.84 bits per heavy atom. The topological polar surface area (TPSA) is 84.3 Å². The first kappa shape index (κ1) is 23.7. The second-order valence-corrected chi connectivity index (χ2v) is 11.1. The van der Waals surface area contributed by atoms with Crippen LogP contribution in [0.5, 0.6) is 0 Å². The van der Waals surface area contributed by atoms with Crippen molar-refractivity contribution in [2.24, 2.45) is 13.0 Å². The first-order valence-corrected chi connectivity index (χ1v) is 12.9. The number of nitrogens with one attached hydrogen (secondary N) is 1. The van der Waals surface area contributed by atoms with Crippen LogP contribution in [0.3, 0.4) is 0 Å². The molecule has 0 spiro atoms. The molecule has 0 radical (unpaired) electrons. The maximum Gasteiger partial charge on any atom is 0.243 e. The van der Waals surface area contributed by atoms with Gasteiger partial charge in [0, 0.05) is 39.0 Å². The maximum atomic E-state index is 13.0. The zero-order chi connectivity index (χ0) is 22.6. The lowest BCUT2D eigenvalue weighted by Gasteiger charge is -2.25. The van der Waals surface area contributed by atoms with Gasteiger partial charge in [0.05, 0.1) is 15.9 Å². The summed E-state index contributed by atoms with van der Waals surface area (Å²) in [7, 11) is -1.58. The van der Waals surface area contributed by atoms with Crippen molar-refractivity contribution in [3.8, 4) is 0 Å². The van der Waals surface area contributed by atoms with Gasteiger partial charge in [0.25, 0.3) is 0 Å². The van der Waals surface area contributed by atoms with Crippen LogP contribution in [0.1, 0.15) is 65.1 Å². The van der Waals surface area contributed by atoms with E-state index in [-0.39, 0.29) is 11.9 Å². The molecule has 172 valence electrons. The molecule has 0 bridgehead atoms. The Hall–Kier alpha value is -1.93. The number of fused-ring (bicyclic) bond motifs is 1. The number of carbonyl (C=O) groups is 1. The fraction of sp³-hybridized carbons (Fsp3) is 0.652. The van der Waals surface area contributed by atoms with E-state index in [2.05, 4.69) is 24.1 Å². The molecule has 1 aromatic heterocycles. The highest BCUT2D eigenvalue weighted by Gasteiger charge is 2.26. The Bertz CT molecular complexity index is 1010. The number of amides is 1. The second-order valence-electron chi connectivity index (χ2n) is 9.14. The number of nitrogens with zero attached hydrogens (tertiary/aromatic N) is 3. The van der Waals surface area contributed by atoms with Crippen molar-refractivity contribution >= 4 is 27.0 Å². The van der Waals surface area contributed by atoms with Gasteiger partial charge >= 0.3 is 0 Å². The molecule has 0 aliphatic carbocycles. The molecule has 0 saturated carbocycles. The molecule has 1 atom stereocenters. The first-order chi connectivity index (χ1) is 14.7. The molecular formula is C23H36N4O3S. The zero-order valence-corrected chi connectivity index (χ0v) is 20.0. The fourth-order valence-electron chi connectivity index (χ4n) is 4.10. The summed E-state index contributed by atoms with van der Waals surface area (Å²) in [6.45, 7) is 7.57. The average molecular weight is 449 g/mol. The number of aryl methyl sites for hydroxylation is 2. The molecule has 1 fully saturated rings. The highest BCUT2D eigenvalue weighted by molar-refractivity contribution is 7.89. The Balaban J connectivity index is 1.67. The molecule has 1 aromatic carbocycles. The summed E-state index contributed by atoms with van der Waals surface area (Å²) >= 11 is 0. The number of sulfonamides is 1. The van der Waals surface area contributed by atoms with Gasteiger partial charge < -0.3 is 9.88 Å². The number of hydrogen-bond donors (Lipinski definition) is 1. The van der Waals surface area contributed by atoms with Crippen LogP contribution in [-0.2, 0) is 28.3 Å². The molecule has 31 heavy (non-hydrogen) atoms. The van der Waals surface area contributed by atoms with Crippen LogP contribution in [0.2, 0.25) is 0 Å². The molecule has 1 aliphatic rings. The lowest BCUT2D eigenvalue weighted by Crippen LogP contribution is -2.35. The van der Waals surface area contributed by atoms with Gasteiger partial charge in [-0.25, -0.2) is 13.4 Å². The van der Waals surface area contributed by atoms with E-state index in [0.29, 0.717) is 42.3 Å². The van der Waals surface area contributed by atoms with Gasteiger partial charge in [0.1, 0.15) is 5.82 Å². The molecule has 7 nitrogen and oxygen atoms in total. The van der Waals surface area contributed by atoms with Gasteiger partial charge in [-0.15, -0.1) is 0 Å². The summed E-state index contributed by atoms with van der Waals surface area (Å²) < 4.78 is 29.5. The van der Waals surface area contributed by atoms with Gasteiger partial charge in [0.15, 0.2) is 0 Å². The summed E-state index contributed by atoms with van der Waals surface area (Å²) in [6.07, 6.45) is 5.85. The number of piperidine rings is 1. The van der Waals surface area contributed by atoms with Crippen molar-refractivity contribution in [1.82, 2.24) is 19.2 Å². The number of carbonyl (C=O) groups excluding carboxylic acids is 1. The van der Waals surface area contributed by atoms with E-state index in [1.54, 1.807) is 16.4 Å². The highest BCUT2D eigenvalue weighted by Crippen LogP contribution is 2.25. The number of hydrogen-bond acceptors (Lipinski definition) is 4. The van der Waals surface area contributed by atoms with Crippen LogP contribution in [0.25, 0.3) is 11.0 Å². The van der Waals surface area contributed by atoms with Gasteiger partial charge in [-0.3, -0.25) is 4.79 Å². The van der Waals surface area contributed by atoms with E-state index < -0.39 is 10.0 Å². The lowest BCUT2D eigenvalue weighted by atomic mass is 10.0. The third kappa shape index (κ3) is 5.86. The SMILES string of the molecule is CC(C)CCC(C)NC(=O)CCc1nc2cc(S(=O)(=O)N3CCCCC3)ccc2n1C. The van der Waals surface area contributed by atoms with E-state index >= 15 is 0 Å². The maximum absolute atomic E-state index is 13.0. The van der Waals surface area contributed by atoms with E-state index in [1.165, 1.54) is 0 Å². The van der Waals surface area contributed by atoms with Crippen molar-refractivity contribution < 1.29 is 13.2 Å².